The Bertz CT molecular complexity index is 2000. The molecule has 3 aromatic heterocycles. The van der Waals surface area contributed by atoms with Crippen molar-refractivity contribution in [2.45, 2.75) is 40.8 Å². The Morgan fingerprint density at radius 1 is 0.388 bits per heavy atom. The van der Waals surface area contributed by atoms with Crippen LogP contribution in [0.25, 0.3) is 33.8 Å². The van der Waals surface area contributed by atoms with E-state index in [1.165, 1.54) is 33.4 Å². The fraction of sp³-hybridized carbons (Fsp3) is 0.175. The summed E-state index contributed by atoms with van der Waals surface area (Å²) in [6.45, 7) is 0. The molecule has 0 aliphatic carbocycles. The lowest BCUT2D eigenvalue weighted by Gasteiger charge is -2.19. The highest BCUT2D eigenvalue weighted by atomic mass is 32.2. The zero-order valence-electron chi connectivity index (χ0n) is 26.9. The third kappa shape index (κ3) is 6.63. The number of thioether (sulfide) groups is 3. The quantitative estimate of drug-likeness (QED) is 0.158. The monoisotopic (exact) mass is 694 g/mol. The van der Waals surface area contributed by atoms with E-state index in [2.05, 4.69) is 109 Å². The van der Waals surface area contributed by atoms with Gasteiger partial charge in [-0.2, -0.15) is 50.6 Å². The first-order valence-corrected chi connectivity index (χ1v) is 19.9. The van der Waals surface area contributed by atoms with Crippen LogP contribution in [0.15, 0.2) is 128 Å². The maximum absolute atomic E-state index is 5.14. The van der Waals surface area contributed by atoms with Crippen molar-refractivity contribution >= 4 is 35.3 Å². The normalized spacial score (nSPS) is 14.9. The average molecular weight is 695 g/mol. The summed E-state index contributed by atoms with van der Waals surface area (Å²) in [4.78, 5) is 0. The van der Waals surface area contributed by atoms with Gasteiger partial charge >= 0.3 is 0 Å². The molecule has 242 valence electrons. The van der Waals surface area contributed by atoms with E-state index < -0.39 is 6.29 Å². The number of hydrogen-bond donors (Lipinski definition) is 0. The summed E-state index contributed by atoms with van der Waals surface area (Å²) in [6.07, 6.45) is 5.68. The first kappa shape index (κ1) is 30.6. The second-order valence-electron chi connectivity index (χ2n) is 12.6. The van der Waals surface area contributed by atoms with Crippen molar-refractivity contribution in [2.24, 2.45) is 0 Å². The predicted molar refractivity (Wildman–Crippen MR) is 204 cm³/mol. The minimum Gasteiger partial charge on any atom is -0.227 e. The Hall–Kier alpha value is -4.44. The molecule has 7 aromatic rings. The molecule has 10 rings (SSSR count). The van der Waals surface area contributed by atoms with Crippen molar-refractivity contribution in [2.75, 3.05) is 0 Å². The Labute approximate surface area is 299 Å². The summed E-state index contributed by atoms with van der Waals surface area (Å²) in [5, 5.41) is 15.4. The van der Waals surface area contributed by atoms with E-state index in [9.17, 15) is 0 Å². The highest BCUT2D eigenvalue weighted by Crippen LogP contribution is 2.31. The molecule has 0 fully saturated rings. The molecule has 6 heterocycles. The van der Waals surface area contributed by atoms with Gasteiger partial charge in [0.15, 0.2) is 0 Å². The van der Waals surface area contributed by atoms with E-state index >= 15 is 0 Å². The first-order chi connectivity index (χ1) is 24.2. The molecule has 3 aliphatic heterocycles. The van der Waals surface area contributed by atoms with Crippen LogP contribution >= 0.6 is 35.3 Å². The third-order valence-electron chi connectivity index (χ3n) is 8.93. The van der Waals surface area contributed by atoms with Crippen molar-refractivity contribution in [3.8, 4) is 33.8 Å². The number of nitrogens with zero attached hydrogens (tertiary/aromatic N) is 6. The van der Waals surface area contributed by atoms with Gasteiger partial charge < -0.3 is 0 Å². The molecule has 49 heavy (non-hydrogen) atoms. The molecule has 4 aromatic carbocycles. The van der Waals surface area contributed by atoms with Crippen molar-refractivity contribution in [1.82, 2.24) is 29.3 Å². The second kappa shape index (κ2) is 13.5. The van der Waals surface area contributed by atoms with Gasteiger partial charge in [-0.25, -0.2) is 14.0 Å². The summed E-state index contributed by atoms with van der Waals surface area (Å²) in [5.41, 5.74) is 14.2. The number of benzene rings is 4. The van der Waals surface area contributed by atoms with Gasteiger partial charge in [0.25, 0.3) is 0 Å². The number of rotatable bonds is 0. The molecule has 0 radical (unpaired) electrons. The van der Waals surface area contributed by atoms with Gasteiger partial charge in [-0.15, -0.1) is 0 Å². The molecule has 0 N–H and O–H groups in total. The molecule has 6 nitrogen and oxygen atoms in total. The molecule has 0 unspecified atom stereocenters. The van der Waals surface area contributed by atoms with Crippen LogP contribution in [-0.2, 0) is 34.5 Å². The van der Waals surface area contributed by atoms with Crippen LogP contribution in [0.1, 0.15) is 39.7 Å². The molecule has 0 amide bonds. The largest absolute Gasteiger partial charge is 0.238 e. The summed E-state index contributed by atoms with van der Waals surface area (Å²) >= 11 is 5.93. The van der Waals surface area contributed by atoms with Gasteiger partial charge in [0, 0.05) is 69.8 Å². The van der Waals surface area contributed by atoms with Gasteiger partial charge in [-0.3, -0.25) is 0 Å². The zero-order chi connectivity index (χ0) is 32.6. The second-order valence-corrected chi connectivity index (χ2v) is 15.6. The summed E-state index contributed by atoms with van der Waals surface area (Å²) in [6, 6.07) is 39.9. The van der Waals surface area contributed by atoms with Crippen LogP contribution < -0.4 is 0 Å². The Morgan fingerprint density at radius 2 is 0.714 bits per heavy atom. The Kier molecular flexibility index (Phi) is 8.41. The van der Waals surface area contributed by atoms with Crippen LogP contribution in [0.2, 0.25) is 0 Å². The SMILES string of the molecule is c1cc2cc(c1)-c1ccn(n1)C1n3ccc(n3)-c3cccc(c3)CSCc3cc(cc(c3)CSCc3cccc(c3)-c3ccn1n3)CSC2. The van der Waals surface area contributed by atoms with E-state index in [4.69, 9.17) is 15.3 Å². The molecule has 0 saturated heterocycles. The zero-order valence-corrected chi connectivity index (χ0v) is 29.3. The minimum atomic E-state index is -0.429. The van der Waals surface area contributed by atoms with Gasteiger partial charge in [-0.1, -0.05) is 72.8 Å². The maximum Gasteiger partial charge on any atom is 0.238 e. The van der Waals surface area contributed by atoms with E-state index in [-0.39, 0.29) is 0 Å². The molecule has 16 bridgehead atoms. The van der Waals surface area contributed by atoms with Crippen molar-refractivity contribution in [1.29, 1.82) is 0 Å². The predicted octanol–water partition coefficient (Wildman–Crippen LogP) is 9.76. The van der Waals surface area contributed by atoms with Crippen LogP contribution in [0.3, 0.4) is 0 Å². The topological polar surface area (TPSA) is 53.5 Å². The van der Waals surface area contributed by atoms with Gasteiger partial charge in [0.2, 0.25) is 6.29 Å². The number of hydrogen-bond acceptors (Lipinski definition) is 6. The fourth-order valence-corrected chi connectivity index (χ4v) is 9.40. The Balaban J connectivity index is 1.22. The minimum absolute atomic E-state index is 0.429. The smallest absolute Gasteiger partial charge is 0.227 e. The van der Waals surface area contributed by atoms with E-state index in [0.717, 1.165) is 68.3 Å². The van der Waals surface area contributed by atoms with Gasteiger partial charge in [0.1, 0.15) is 0 Å². The maximum atomic E-state index is 5.14. The van der Waals surface area contributed by atoms with Crippen LogP contribution in [-0.4, -0.2) is 29.3 Å². The number of aromatic nitrogens is 6. The standard InChI is InChI=1S/C40H34N6S3/c1-4-28-19-34(7-1)37-10-13-44(41-37)40-45-14-11-38(42-45)35-8-2-5-29(20-35)23-48-26-32-16-31(25-47-22-28)17-33(18-32)27-49-24-30-6-3-9-36(21-30)39-12-15-46(40)43-39/h1-21,40H,22-27H2. The van der Waals surface area contributed by atoms with E-state index in [1.807, 2.05) is 67.9 Å². The highest BCUT2D eigenvalue weighted by molar-refractivity contribution is 7.98. The van der Waals surface area contributed by atoms with Gasteiger partial charge in [-0.05, 0) is 69.8 Å². The lowest BCUT2D eigenvalue weighted by Crippen LogP contribution is -2.27. The van der Waals surface area contributed by atoms with Crippen molar-refractivity contribution in [3.05, 3.63) is 161 Å². The van der Waals surface area contributed by atoms with Crippen LogP contribution in [0.4, 0.5) is 0 Å². The third-order valence-corrected chi connectivity index (χ3v) is 12.2. The van der Waals surface area contributed by atoms with Crippen LogP contribution in [0.5, 0.6) is 0 Å². The van der Waals surface area contributed by atoms with E-state index in [0.29, 0.717) is 0 Å². The average Bonchev–Trinajstić information content (AvgIpc) is 3.91. The first-order valence-electron chi connectivity index (χ1n) is 16.5. The molecule has 0 spiro atoms. The number of fused-ring (bicyclic) bond motifs is 6. The summed E-state index contributed by atoms with van der Waals surface area (Å²) < 4.78 is 5.90. The molecule has 0 saturated carbocycles. The van der Waals surface area contributed by atoms with E-state index in [1.54, 1.807) is 0 Å². The Morgan fingerprint density at radius 3 is 1.06 bits per heavy atom. The highest BCUT2D eigenvalue weighted by Gasteiger charge is 2.21. The van der Waals surface area contributed by atoms with Gasteiger partial charge in [0.05, 0.1) is 17.1 Å². The summed E-state index contributed by atoms with van der Waals surface area (Å²) in [5.74, 6) is 5.78. The lowest BCUT2D eigenvalue weighted by atomic mass is 10.1. The molecule has 3 aliphatic rings. The fourth-order valence-electron chi connectivity index (χ4n) is 6.64. The summed E-state index contributed by atoms with van der Waals surface area (Å²) in [7, 11) is 0. The van der Waals surface area contributed by atoms with Crippen molar-refractivity contribution < 1.29 is 0 Å². The molecular formula is C40H34N6S3. The van der Waals surface area contributed by atoms with Crippen molar-refractivity contribution in [3.63, 3.8) is 0 Å². The lowest BCUT2D eigenvalue weighted by molar-refractivity contribution is 0.286. The molecule has 9 heteroatoms. The van der Waals surface area contributed by atoms with Crippen LogP contribution in [0, 0.1) is 0 Å². The molecule has 0 atom stereocenters. The molecular weight excluding hydrogens is 661 g/mol.